The van der Waals surface area contributed by atoms with Crippen LogP contribution in [0.3, 0.4) is 0 Å². The van der Waals surface area contributed by atoms with Gasteiger partial charge in [0, 0.05) is 0 Å². The predicted molar refractivity (Wildman–Crippen MR) is 70.0 cm³/mol. The maximum atomic E-state index is 12.2. The highest BCUT2D eigenvalue weighted by Crippen LogP contribution is 2.36. The van der Waals surface area contributed by atoms with E-state index in [0.717, 1.165) is 0 Å². The minimum absolute atomic E-state index is 0.251. The van der Waals surface area contributed by atoms with E-state index in [0.29, 0.717) is 18.4 Å². The summed E-state index contributed by atoms with van der Waals surface area (Å²) in [7, 11) is 0. The third kappa shape index (κ3) is 3.34. The Morgan fingerprint density at radius 2 is 1.50 bits per heavy atom. The summed E-state index contributed by atoms with van der Waals surface area (Å²) in [4.78, 5) is 24.4. The first-order chi connectivity index (χ1) is 8.50. The molecule has 0 N–H and O–H groups in total. The molecule has 0 fully saturated rings. The zero-order valence-electron chi connectivity index (χ0n) is 12.0. The van der Waals surface area contributed by atoms with E-state index in [4.69, 9.17) is 9.47 Å². The second kappa shape index (κ2) is 7.90. The minimum Gasteiger partial charge on any atom is -0.465 e. The Morgan fingerprint density at radius 3 is 1.78 bits per heavy atom. The van der Waals surface area contributed by atoms with Crippen LogP contribution in [0.4, 0.5) is 0 Å². The molecule has 0 amide bonds. The van der Waals surface area contributed by atoms with E-state index in [1.165, 1.54) is 0 Å². The summed E-state index contributed by atoms with van der Waals surface area (Å²) in [5.41, 5.74) is -0.601. The molecule has 0 aromatic heterocycles. The van der Waals surface area contributed by atoms with Gasteiger partial charge in [0.25, 0.3) is 0 Å². The van der Waals surface area contributed by atoms with Crippen molar-refractivity contribution in [1.29, 1.82) is 0 Å². The molecule has 0 rings (SSSR count). The molecule has 0 saturated carbocycles. The van der Waals surface area contributed by atoms with E-state index in [-0.39, 0.29) is 13.2 Å². The van der Waals surface area contributed by atoms with Crippen LogP contribution in [0.25, 0.3) is 0 Å². The van der Waals surface area contributed by atoms with Crippen molar-refractivity contribution >= 4 is 11.9 Å². The van der Waals surface area contributed by atoms with Crippen LogP contribution in [0.15, 0.2) is 11.6 Å². The number of rotatable bonds is 7. The first-order valence-corrected chi connectivity index (χ1v) is 6.48. The molecule has 0 radical (unpaired) electrons. The van der Waals surface area contributed by atoms with Gasteiger partial charge in [0.2, 0.25) is 0 Å². The molecule has 0 heterocycles. The van der Waals surface area contributed by atoms with Gasteiger partial charge in [0.1, 0.15) is 0 Å². The van der Waals surface area contributed by atoms with Gasteiger partial charge in [0.05, 0.1) is 13.2 Å². The van der Waals surface area contributed by atoms with Gasteiger partial charge in [-0.15, -0.1) is 0 Å². The van der Waals surface area contributed by atoms with Gasteiger partial charge in [-0.3, -0.25) is 9.59 Å². The molecular formula is C14H24O4. The molecule has 0 bridgehead atoms. The monoisotopic (exact) mass is 256 g/mol. The number of hydrogen-bond acceptors (Lipinski definition) is 4. The maximum absolute atomic E-state index is 12.2. The molecule has 0 aromatic carbocycles. The molecule has 0 saturated heterocycles. The van der Waals surface area contributed by atoms with Crippen molar-refractivity contribution in [1.82, 2.24) is 0 Å². The van der Waals surface area contributed by atoms with Crippen molar-refractivity contribution < 1.29 is 19.1 Å². The Bertz CT molecular complexity index is 300. The second-order valence-corrected chi connectivity index (χ2v) is 4.07. The number of carbonyl (C=O) groups excluding carboxylic acids is 2. The van der Waals surface area contributed by atoms with Crippen molar-refractivity contribution in [2.45, 2.75) is 47.5 Å². The molecule has 4 nitrogen and oxygen atoms in total. The van der Waals surface area contributed by atoms with Crippen molar-refractivity contribution in [2.24, 2.45) is 5.41 Å². The van der Waals surface area contributed by atoms with Gasteiger partial charge in [-0.05, 0) is 39.7 Å². The Balaban J connectivity index is 5.56. The highest BCUT2D eigenvalue weighted by atomic mass is 16.6. The fourth-order valence-corrected chi connectivity index (χ4v) is 1.94. The van der Waals surface area contributed by atoms with Crippen LogP contribution in [-0.2, 0) is 19.1 Å². The fourth-order valence-electron chi connectivity index (χ4n) is 1.94. The number of allylic oxidation sites excluding steroid dienone is 1. The summed E-state index contributed by atoms with van der Waals surface area (Å²) in [6.07, 6.45) is 2.87. The molecule has 0 aliphatic carbocycles. The average Bonchev–Trinajstić information content (AvgIpc) is 2.35. The Labute approximate surface area is 109 Å². The lowest BCUT2D eigenvalue weighted by atomic mass is 9.76. The molecule has 0 atom stereocenters. The van der Waals surface area contributed by atoms with E-state index < -0.39 is 17.4 Å². The van der Waals surface area contributed by atoms with Gasteiger partial charge in [-0.2, -0.15) is 0 Å². The number of carbonyl (C=O) groups is 2. The molecule has 4 heteroatoms. The maximum Gasteiger partial charge on any atom is 0.327 e. The topological polar surface area (TPSA) is 52.6 Å². The number of hydrogen-bond donors (Lipinski definition) is 0. The SMILES string of the molecule is C/C=C(\C)C(CCC)(C(=O)OCC)C(=O)OCC. The average molecular weight is 256 g/mol. The van der Waals surface area contributed by atoms with E-state index in [1.807, 2.05) is 6.92 Å². The van der Waals surface area contributed by atoms with Crippen LogP contribution in [0.1, 0.15) is 47.5 Å². The zero-order valence-corrected chi connectivity index (χ0v) is 12.0. The standard InChI is InChI=1S/C14H24O4/c1-6-10-14(11(5)7-2,12(15)17-8-3)13(16)18-9-4/h7H,6,8-10H2,1-5H3/b11-7+. The zero-order chi connectivity index (χ0) is 14.2. The summed E-state index contributed by atoms with van der Waals surface area (Å²) >= 11 is 0. The Kier molecular flexibility index (Phi) is 7.32. The molecule has 104 valence electrons. The largest absolute Gasteiger partial charge is 0.465 e. The lowest BCUT2D eigenvalue weighted by molar-refractivity contribution is -0.169. The van der Waals surface area contributed by atoms with E-state index >= 15 is 0 Å². The highest BCUT2D eigenvalue weighted by molar-refractivity contribution is 6.03. The van der Waals surface area contributed by atoms with Crippen molar-refractivity contribution in [2.75, 3.05) is 13.2 Å². The Morgan fingerprint density at radius 1 is 1.06 bits per heavy atom. The predicted octanol–water partition coefficient (Wildman–Crippen LogP) is 2.87. The second-order valence-electron chi connectivity index (χ2n) is 4.07. The van der Waals surface area contributed by atoms with Crippen molar-refractivity contribution in [3.8, 4) is 0 Å². The minimum atomic E-state index is -1.28. The van der Waals surface area contributed by atoms with E-state index in [1.54, 1.807) is 33.8 Å². The van der Waals surface area contributed by atoms with Crippen LogP contribution < -0.4 is 0 Å². The van der Waals surface area contributed by atoms with E-state index in [9.17, 15) is 9.59 Å². The first-order valence-electron chi connectivity index (χ1n) is 6.48. The molecule has 0 spiro atoms. The summed E-state index contributed by atoms with van der Waals surface area (Å²) < 4.78 is 10.1. The third-order valence-electron chi connectivity index (χ3n) is 2.98. The third-order valence-corrected chi connectivity index (χ3v) is 2.98. The highest BCUT2D eigenvalue weighted by Gasteiger charge is 2.49. The quantitative estimate of drug-likeness (QED) is 0.399. The van der Waals surface area contributed by atoms with Gasteiger partial charge in [-0.25, -0.2) is 0 Å². The molecular weight excluding hydrogens is 232 g/mol. The molecule has 0 aromatic rings. The number of ether oxygens (including phenoxy) is 2. The van der Waals surface area contributed by atoms with E-state index in [2.05, 4.69) is 0 Å². The number of esters is 2. The van der Waals surface area contributed by atoms with Crippen LogP contribution >= 0.6 is 0 Å². The van der Waals surface area contributed by atoms with Gasteiger partial charge in [0.15, 0.2) is 5.41 Å². The lowest BCUT2D eigenvalue weighted by Crippen LogP contribution is -2.43. The summed E-state index contributed by atoms with van der Waals surface area (Å²) in [6, 6.07) is 0. The smallest absolute Gasteiger partial charge is 0.327 e. The first kappa shape index (κ1) is 16.7. The van der Waals surface area contributed by atoms with Crippen LogP contribution in [0.5, 0.6) is 0 Å². The van der Waals surface area contributed by atoms with Crippen LogP contribution in [0.2, 0.25) is 0 Å². The summed E-state index contributed by atoms with van der Waals surface area (Å²) in [6.45, 7) is 9.45. The summed E-state index contributed by atoms with van der Waals surface area (Å²) in [5, 5.41) is 0. The lowest BCUT2D eigenvalue weighted by Gasteiger charge is -2.29. The Hall–Kier alpha value is -1.32. The van der Waals surface area contributed by atoms with Gasteiger partial charge >= 0.3 is 11.9 Å². The molecule has 0 aliphatic rings. The molecule has 18 heavy (non-hydrogen) atoms. The van der Waals surface area contributed by atoms with Crippen LogP contribution in [-0.4, -0.2) is 25.2 Å². The molecule has 0 unspecified atom stereocenters. The van der Waals surface area contributed by atoms with Gasteiger partial charge in [-0.1, -0.05) is 19.4 Å². The normalized spacial score (nSPS) is 12.2. The van der Waals surface area contributed by atoms with Gasteiger partial charge < -0.3 is 9.47 Å². The van der Waals surface area contributed by atoms with Crippen LogP contribution in [0, 0.1) is 5.41 Å². The van der Waals surface area contributed by atoms with Crippen molar-refractivity contribution in [3.63, 3.8) is 0 Å². The van der Waals surface area contributed by atoms with Crippen molar-refractivity contribution in [3.05, 3.63) is 11.6 Å². The fraction of sp³-hybridized carbons (Fsp3) is 0.714. The summed E-state index contributed by atoms with van der Waals surface area (Å²) in [5.74, 6) is -1.03. The molecule has 0 aliphatic heterocycles.